The van der Waals surface area contributed by atoms with Gasteiger partial charge in [-0.2, -0.15) is 0 Å². The summed E-state index contributed by atoms with van der Waals surface area (Å²) >= 11 is 0. The van der Waals surface area contributed by atoms with E-state index in [-0.39, 0.29) is 26.1 Å². The van der Waals surface area contributed by atoms with E-state index in [1.54, 1.807) is 0 Å². The van der Waals surface area contributed by atoms with Crippen molar-refractivity contribution >= 4 is 11.9 Å². The number of carbonyl (C=O) groups is 2. The molecule has 0 aromatic heterocycles. The van der Waals surface area contributed by atoms with Gasteiger partial charge >= 0.3 is 5.97 Å². The predicted octanol–water partition coefficient (Wildman–Crippen LogP) is 4.34. The van der Waals surface area contributed by atoms with Crippen LogP contribution in [-0.4, -0.2) is 49.0 Å². The molecule has 1 fully saturated rings. The van der Waals surface area contributed by atoms with Crippen molar-refractivity contribution in [1.29, 1.82) is 0 Å². The van der Waals surface area contributed by atoms with E-state index in [0.29, 0.717) is 13.2 Å². The Labute approximate surface area is 235 Å². The molecule has 212 valence electrons. The summed E-state index contributed by atoms with van der Waals surface area (Å²) in [4.78, 5) is 23.9. The minimum absolute atomic E-state index is 0.0704. The van der Waals surface area contributed by atoms with Crippen LogP contribution in [0.4, 0.5) is 0 Å². The smallest absolute Gasteiger partial charge is 0.303 e. The first-order valence-corrected chi connectivity index (χ1v) is 13.5. The molecule has 1 amide bonds. The largest absolute Gasteiger partial charge is 0.457 e. The molecule has 0 bridgehead atoms. The second-order valence-electron chi connectivity index (χ2n) is 9.82. The van der Waals surface area contributed by atoms with Crippen molar-refractivity contribution in [3.8, 4) is 0 Å². The van der Waals surface area contributed by atoms with E-state index in [9.17, 15) is 9.59 Å². The Morgan fingerprint density at radius 3 is 1.70 bits per heavy atom. The van der Waals surface area contributed by atoms with Gasteiger partial charge in [0.15, 0.2) is 6.10 Å². The number of primary amides is 1. The molecule has 40 heavy (non-hydrogen) atoms. The van der Waals surface area contributed by atoms with Gasteiger partial charge in [0.2, 0.25) is 5.91 Å². The fourth-order valence-electron chi connectivity index (χ4n) is 4.77. The monoisotopic (exact) mass is 547 g/mol. The van der Waals surface area contributed by atoms with Crippen LogP contribution in [-0.2, 0) is 53.1 Å². The number of hydrogen-bond acceptors (Lipinski definition) is 7. The summed E-state index contributed by atoms with van der Waals surface area (Å²) < 4.78 is 31.2. The van der Waals surface area contributed by atoms with Gasteiger partial charge in [0.25, 0.3) is 0 Å². The second-order valence-corrected chi connectivity index (χ2v) is 9.82. The van der Waals surface area contributed by atoms with Crippen LogP contribution in [0.15, 0.2) is 91.0 Å². The molecule has 0 saturated carbocycles. The fraction of sp³-hybridized carbons (Fsp3) is 0.375. The summed E-state index contributed by atoms with van der Waals surface area (Å²) in [5, 5.41) is 0. The Balaban J connectivity index is 1.60. The lowest BCUT2D eigenvalue weighted by Crippen LogP contribution is -2.61. The number of ether oxygens (including phenoxy) is 5. The molecule has 1 aliphatic heterocycles. The Morgan fingerprint density at radius 2 is 1.20 bits per heavy atom. The Bertz CT molecular complexity index is 1180. The van der Waals surface area contributed by atoms with Crippen LogP contribution in [0.1, 0.15) is 36.5 Å². The average molecular weight is 548 g/mol. The number of carbonyl (C=O) groups excluding carboxylic acids is 2. The predicted molar refractivity (Wildman–Crippen MR) is 149 cm³/mol. The van der Waals surface area contributed by atoms with E-state index in [1.807, 2.05) is 91.0 Å². The van der Waals surface area contributed by atoms with Crippen LogP contribution in [0.2, 0.25) is 0 Å². The zero-order valence-corrected chi connectivity index (χ0v) is 22.7. The first kappa shape index (κ1) is 29.4. The maximum atomic E-state index is 12.2. The van der Waals surface area contributed by atoms with Crippen molar-refractivity contribution in [2.75, 3.05) is 6.61 Å². The Morgan fingerprint density at radius 1 is 0.700 bits per heavy atom. The number of benzene rings is 3. The van der Waals surface area contributed by atoms with Gasteiger partial charge in [-0.05, 0) is 23.1 Å². The summed E-state index contributed by atoms with van der Waals surface area (Å²) in [6.07, 6.45) is -3.00. The molecule has 2 N–H and O–H groups in total. The van der Waals surface area contributed by atoms with Gasteiger partial charge in [-0.15, -0.1) is 0 Å². The zero-order valence-electron chi connectivity index (χ0n) is 22.7. The van der Waals surface area contributed by atoms with Gasteiger partial charge in [0.05, 0.1) is 32.5 Å². The van der Waals surface area contributed by atoms with Gasteiger partial charge in [0, 0.05) is 13.3 Å². The Kier molecular flexibility index (Phi) is 11.2. The zero-order chi connectivity index (χ0) is 28.2. The first-order chi connectivity index (χ1) is 19.5. The second kappa shape index (κ2) is 15.3. The standard InChI is InChI=1S/C32H37NO7/c1-23(34)39-31-27(17-18-29(33)35)40-28(22-36-19-24-11-5-2-6-12-24)30(37-20-25-13-7-3-8-14-25)32(31)38-21-26-15-9-4-10-16-26/h2-16,27-28,30-32H,17-22H2,1H3,(H2,33,35)/t27-,28-,30-,31+,32+/m1/s1. The van der Waals surface area contributed by atoms with Crippen LogP contribution in [0.3, 0.4) is 0 Å². The summed E-state index contributed by atoms with van der Waals surface area (Å²) in [5.74, 6) is -0.946. The molecule has 5 atom stereocenters. The lowest BCUT2D eigenvalue weighted by Gasteiger charge is -2.45. The molecule has 8 heteroatoms. The average Bonchev–Trinajstić information content (AvgIpc) is 2.96. The van der Waals surface area contributed by atoms with Gasteiger partial charge in [0.1, 0.15) is 18.3 Å². The van der Waals surface area contributed by atoms with E-state index in [4.69, 9.17) is 29.4 Å². The molecule has 0 unspecified atom stereocenters. The normalized spacial score (nSPS) is 22.5. The number of nitrogens with two attached hydrogens (primary N) is 1. The molecule has 8 nitrogen and oxygen atoms in total. The van der Waals surface area contributed by atoms with E-state index >= 15 is 0 Å². The maximum absolute atomic E-state index is 12.2. The number of rotatable bonds is 14. The Hall–Kier alpha value is -3.56. The van der Waals surface area contributed by atoms with Gasteiger partial charge in [-0.1, -0.05) is 91.0 Å². The van der Waals surface area contributed by atoms with Crippen LogP contribution >= 0.6 is 0 Å². The van der Waals surface area contributed by atoms with Gasteiger partial charge in [-0.25, -0.2) is 0 Å². The quantitative estimate of drug-likeness (QED) is 0.299. The first-order valence-electron chi connectivity index (χ1n) is 13.5. The molecule has 1 aliphatic rings. The van der Waals surface area contributed by atoms with Crippen LogP contribution < -0.4 is 5.73 Å². The molecule has 1 heterocycles. The van der Waals surface area contributed by atoms with Gasteiger partial charge in [-0.3, -0.25) is 9.59 Å². The van der Waals surface area contributed by atoms with Crippen LogP contribution in [0.25, 0.3) is 0 Å². The molecule has 3 aromatic rings. The third kappa shape index (κ3) is 8.99. The topological polar surface area (TPSA) is 106 Å². The summed E-state index contributed by atoms with van der Waals surface area (Å²) in [6, 6.07) is 29.4. The van der Waals surface area contributed by atoms with E-state index < -0.39 is 42.4 Å². The van der Waals surface area contributed by atoms with E-state index in [1.165, 1.54) is 6.92 Å². The van der Waals surface area contributed by atoms with E-state index in [0.717, 1.165) is 16.7 Å². The van der Waals surface area contributed by atoms with Crippen molar-refractivity contribution in [3.63, 3.8) is 0 Å². The SMILES string of the molecule is CC(=O)O[C@@H]1[C@@H](OCc2ccccc2)[C@H](OCc2ccccc2)[C@@H](COCc2ccccc2)O[C@@H]1CCC(N)=O. The fourth-order valence-corrected chi connectivity index (χ4v) is 4.77. The van der Waals surface area contributed by atoms with Gasteiger partial charge < -0.3 is 29.4 Å². The number of amides is 1. The molecule has 0 spiro atoms. The lowest BCUT2D eigenvalue weighted by molar-refractivity contribution is -0.266. The number of hydrogen-bond donors (Lipinski definition) is 1. The highest BCUT2D eigenvalue weighted by Gasteiger charge is 2.49. The molecule has 3 aromatic carbocycles. The van der Waals surface area contributed by atoms with Crippen molar-refractivity contribution in [2.24, 2.45) is 5.73 Å². The lowest BCUT2D eigenvalue weighted by atomic mass is 9.91. The van der Waals surface area contributed by atoms with E-state index in [2.05, 4.69) is 0 Å². The van der Waals surface area contributed by atoms with Crippen molar-refractivity contribution in [3.05, 3.63) is 108 Å². The maximum Gasteiger partial charge on any atom is 0.303 e. The number of esters is 1. The molecule has 0 radical (unpaired) electrons. The highest BCUT2D eigenvalue weighted by Crippen LogP contribution is 2.32. The molecular formula is C32H37NO7. The summed E-state index contributed by atoms with van der Waals surface area (Å²) in [5.41, 5.74) is 8.43. The molecular weight excluding hydrogens is 510 g/mol. The minimum atomic E-state index is -0.813. The van der Waals surface area contributed by atoms with Crippen LogP contribution in [0, 0.1) is 0 Å². The summed E-state index contributed by atoms with van der Waals surface area (Å²) in [6.45, 7) is 2.51. The van der Waals surface area contributed by atoms with Crippen molar-refractivity contribution in [2.45, 2.75) is 70.1 Å². The third-order valence-corrected chi connectivity index (χ3v) is 6.67. The molecule has 1 saturated heterocycles. The van der Waals surface area contributed by atoms with Crippen LogP contribution in [0.5, 0.6) is 0 Å². The molecule has 0 aliphatic carbocycles. The van der Waals surface area contributed by atoms with Crippen molar-refractivity contribution < 1.29 is 33.3 Å². The minimum Gasteiger partial charge on any atom is -0.457 e. The third-order valence-electron chi connectivity index (χ3n) is 6.67. The highest BCUT2D eigenvalue weighted by molar-refractivity contribution is 5.73. The van der Waals surface area contributed by atoms with Crippen molar-refractivity contribution in [1.82, 2.24) is 0 Å². The molecule has 4 rings (SSSR count). The highest BCUT2D eigenvalue weighted by atomic mass is 16.6. The summed E-state index contributed by atoms with van der Waals surface area (Å²) in [7, 11) is 0.